The second-order valence-corrected chi connectivity index (χ2v) is 6.34. The molecule has 2 aliphatic heterocycles. The lowest BCUT2D eigenvalue weighted by Crippen LogP contribution is -2.36. The fourth-order valence-corrected chi connectivity index (χ4v) is 3.69. The lowest BCUT2D eigenvalue weighted by molar-refractivity contribution is -0.362. The van der Waals surface area contributed by atoms with E-state index in [0.29, 0.717) is 33.5 Å². The highest BCUT2D eigenvalue weighted by molar-refractivity contribution is 7.10. The number of rotatable bonds is 2. The molecule has 4 rings (SSSR count). The largest absolute Gasteiger partial charge is 0.757 e. The fraction of sp³-hybridized carbons (Fsp3) is 0.250. The van der Waals surface area contributed by atoms with E-state index in [1.807, 2.05) is 6.07 Å². The first-order chi connectivity index (χ1) is 11.7. The van der Waals surface area contributed by atoms with Crippen molar-refractivity contribution in [3.05, 3.63) is 56.6 Å². The minimum atomic E-state index is -0.926. The van der Waals surface area contributed by atoms with E-state index in [2.05, 4.69) is 0 Å². The molecule has 2 aliphatic rings. The van der Waals surface area contributed by atoms with Crippen LogP contribution in [0.25, 0.3) is 0 Å². The maximum atomic E-state index is 12.8. The Kier molecular flexibility index (Phi) is 3.70. The number of hydrogen-bond donors (Lipinski definition) is 0. The number of nitrogens with zero attached hydrogens (tertiary/aromatic N) is 3. The first kappa shape index (κ1) is 15.1. The van der Waals surface area contributed by atoms with Crippen LogP contribution in [0.4, 0.5) is 11.4 Å². The Labute approximate surface area is 141 Å². The van der Waals surface area contributed by atoms with Crippen molar-refractivity contribution in [2.45, 2.75) is 12.3 Å². The second-order valence-electron chi connectivity index (χ2n) is 5.36. The summed E-state index contributed by atoms with van der Waals surface area (Å²) in [5.74, 6) is 0. The summed E-state index contributed by atoms with van der Waals surface area (Å²) in [4.78, 5) is 0.652. The third-order valence-electron chi connectivity index (χ3n) is 3.99. The molecule has 1 fully saturated rings. The Balaban J connectivity index is 1.83. The van der Waals surface area contributed by atoms with E-state index in [9.17, 15) is 15.7 Å². The minimum Gasteiger partial charge on any atom is -0.757 e. The van der Waals surface area contributed by atoms with Crippen molar-refractivity contribution >= 4 is 28.4 Å². The number of ether oxygens (including phenoxy) is 2. The third kappa shape index (κ3) is 2.26. The van der Waals surface area contributed by atoms with Gasteiger partial charge in [-0.05, 0) is 17.5 Å². The maximum Gasteiger partial charge on any atom is 0.298 e. The summed E-state index contributed by atoms with van der Waals surface area (Å²) in [6.45, 7) is 0.957. The molecule has 0 saturated carbocycles. The topological polar surface area (TPSA) is 94.6 Å². The molecular formula is C16H12N3O4S-. The van der Waals surface area contributed by atoms with Gasteiger partial charge in [0.2, 0.25) is 5.69 Å². The van der Waals surface area contributed by atoms with E-state index >= 15 is 0 Å². The van der Waals surface area contributed by atoms with E-state index in [-0.39, 0.29) is 17.1 Å². The van der Waals surface area contributed by atoms with Crippen LogP contribution in [-0.2, 0) is 9.47 Å². The van der Waals surface area contributed by atoms with Gasteiger partial charge in [0.05, 0.1) is 13.2 Å². The van der Waals surface area contributed by atoms with Gasteiger partial charge in [0.15, 0.2) is 18.4 Å². The molecule has 2 aromatic rings. The molecule has 1 aromatic heterocycles. The molecule has 24 heavy (non-hydrogen) atoms. The number of benzene rings is 1. The Morgan fingerprint density at radius 1 is 1.29 bits per heavy atom. The Morgan fingerprint density at radius 2 is 2.08 bits per heavy atom. The van der Waals surface area contributed by atoms with E-state index in [4.69, 9.17) is 9.47 Å². The number of anilines is 1. The van der Waals surface area contributed by atoms with E-state index in [0.717, 1.165) is 0 Å². The molecule has 1 unspecified atom stereocenters. The predicted molar refractivity (Wildman–Crippen MR) is 87.9 cm³/mol. The van der Waals surface area contributed by atoms with Crippen LogP contribution in [0.1, 0.15) is 22.8 Å². The van der Waals surface area contributed by atoms with Crippen molar-refractivity contribution in [3.63, 3.8) is 0 Å². The van der Waals surface area contributed by atoms with Gasteiger partial charge in [-0.3, -0.25) is 0 Å². The predicted octanol–water partition coefficient (Wildman–Crippen LogP) is 2.96. The molecule has 7 nitrogen and oxygen atoms in total. The molecular weight excluding hydrogens is 330 g/mol. The number of hydrogen-bond acceptors (Lipinski definition) is 7. The molecule has 0 N–H and O–H groups in total. The minimum absolute atomic E-state index is 0.131. The van der Waals surface area contributed by atoms with Crippen LogP contribution in [0.15, 0.2) is 35.7 Å². The van der Waals surface area contributed by atoms with Gasteiger partial charge in [-0.25, -0.2) is 0 Å². The van der Waals surface area contributed by atoms with Gasteiger partial charge in [0.25, 0.3) is 5.71 Å². The quantitative estimate of drug-likeness (QED) is 0.615. The molecule has 3 heterocycles. The first-order valence-corrected chi connectivity index (χ1v) is 8.20. The average molecular weight is 342 g/mol. The summed E-state index contributed by atoms with van der Waals surface area (Å²) in [7, 11) is 0. The molecule has 0 radical (unpaired) electrons. The Hall–Kier alpha value is -2.44. The van der Waals surface area contributed by atoms with Gasteiger partial charge in [-0.15, -0.1) is 11.3 Å². The van der Waals surface area contributed by atoms with Crippen molar-refractivity contribution in [2.24, 2.45) is 0 Å². The summed E-state index contributed by atoms with van der Waals surface area (Å²) >= 11 is 1.33. The van der Waals surface area contributed by atoms with Crippen molar-refractivity contribution in [3.8, 4) is 6.07 Å². The zero-order valence-electron chi connectivity index (χ0n) is 12.4. The van der Waals surface area contributed by atoms with Gasteiger partial charge < -0.3 is 25.0 Å². The van der Waals surface area contributed by atoms with Crippen LogP contribution >= 0.6 is 11.3 Å². The molecule has 0 amide bonds. The van der Waals surface area contributed by atoms with Gasteiger partial charge in [0, 0.05) is 16.5 Å². The molecule has 8 heteroatoms. The summed E-state index contributed by atoms with van der Waals surface area (Å²) in [6, 6.07) is 9.31. The van der Waals surface area contributed by atoms with Crippen LogP contribution in [0.3, 0.4) is 0 Å². The highest BCUT2D eigenvalue weighted by Gasteiger charge is 2.36. The first-order valence-electron chi connectivity index (χ1n) is 7.32. The lowest BCUT2D eigenvalue weighted by Gasteiger charge is -2.40. The van der Waals surface area contributed by atoms with Gasteiger partial charge in [-0.1, -0.05) is 12.1 Å². The zero-order chi connectivity index (χ0) is 16.7. The zero-order valence-corrected chi connectivity index (χ0v) is 13.2. The SMILES string of the molecule is N#CC1=[N+]([O-])c2cc(C3OCCO3)ccc2N([O-])C1c1cccs1. The average Bonchev–Trinajstić information content (AvgIpc) is 3.30. The van der Waals surface area contributed by atoms with Crippen molar-refractivity contribution < 1.29 is 14.2 Å². The summed E-state index contributed by atoms with van der Waals surface area (Å²) in [5.41, 5.74) is 0.854. The molecule has 1 saturated heterocycles. The van der Waals surface area contributed by atoms with Crippen LogP contribution in [-0.4, -0.2) is 23.7 Å². The lowest BCUT2D eigenvalue weighted by atomic mass is 10.0. The van der Waals surface area contributed by atoms with Crippen molar-refractivity contribution in [2.75, 3.05) is 18.3 Å². The second kappa shape index (κ2) is 5.89. The van der Waals surface area contributed by atoms with Crippen LogP contribution in [0.2, 0.25) is 0 Å². The van der Waals surface area contributed by atoms with Crippen molar-refractivity contribution in [1.82, 2.24) is 0 Å². The summed E-state index contributed by atoms with van der Waals surface area (Å²) in [6.07, 6.45) is -0.552. The Morgan fingerprint density at radius 3 is 2.75 bits per heavy atom. The van der Waals surface area contributed by atoms with Crippen molar-refractivity contribution in [1.29, 1.82) is 5.26 Å². The molecule has 0 bridgehead atoms. The number of fused-ring (bicyclic) bond motifs is 1. The standard InChI is InChI=1S/C16H12N3O4S/c17-9-13-15(14-2-1-7-24-14)19(21)11-4-3-10(8-12(11)18(13)20)16-22-5-6-23-16/h1-4,7-8,15-16H,5-6H2/q-1. The normalized spacial score (nSPS) is 21.0. The highest BCUT2D eigenvalue weighted by atomic mass is 32.1. The number of thiophene rings is 1. The molecule has 0 aliphatic carbocycles. The smallest absolute Gasteiger partial charge is 0.298 e. The fourth-order valence-electron chi connectivity index (χ4n) is 2.88. The number of nitriles is 1. The molecule has 1 atom stereocenters. The van der Waals surface area contributed by atoms with Crippen LogP contribution in [0.5, 0.6) is 0 Å². The van der Waals surface area contributed by atoms with E-state index in [1.165, 1.54) is 11.3 Å². The Bertz CT molecular complexity index is 838. The van der Waals surface area contributed by atoms with Crippen LogP contribution < -0.4 is 5.06 Å². The molecule has 0 spiro atoms. The van der Waals surface area contributed by atoms with Crippen LogP contribution in [0, 0.1) is 21.7 Å². The highest BCUT2D eigenvalue weighted by Crippen LogP contribution is 2.42. The number of hydroxylamine groups is 1. The molecule has 1 aromatic carbocycles. The van der Waals surface area contributed by atoms with E-state index in [1.54, 1.807) is 35.7 Å². The summed E-state index contributed by atoms with van der Waals surface area (Å²) in [5, 5.41) is 37.4. The van der Waals surface area contributed by atoms with E-state index < -0.39 is 12.3 Å². The third-order valence-corrected chi connectivity index (χ3v) is 4.91. The maximum absolute atomic E-state index is 12.8. The van der Waals surface area contributed by atoms with Gasteiger partial charge >= 0.3 is 0 Å². The monoisotopic (exact) mass is 342 g/mol. The van der Waals surface area contributed by atoms with Gasteiger partial charge in [-0.2, -0.15) is 10.0 Å². The summed E-state index contributed by atoms with van der Waals surface area (Å²) < 4.78 is 11.4. The van der Waals surface area contributed by atoms with Gasteiger partial charge in [0.1, 0.15) is 5.69 Å². The molecule has 122 valence electrons.